The van der Waals surface area contributed by atoms with Crippen molar-refractivity contribution in [3.63, 3.8) is 0 Å². The molecular formula is C25H29N5O3S2. The first-order chi connectivity index (χ1) is 16.8. The van der Waals surface area contributed by atoms with Gasteiger partial charge in [0.2, 0.25) is 10.0 Å². The van der Waals surface area contributed by atoms with Crippen LogP contribution in [-0.2, 0) is 21.3 Å². The molecule has 0 unspecified atom stereocenters. The lowest BCUT2D eigenvalue weighted by Gasteiger charge is -2.30. The summed E-state index contributed by atoms with van der Waals surface area (Å²) in [6, 6.07) is 15.4. The van der Waals surface area contributed by atoms with Crippen LogP contribution in [0.15, 0.2) is 60.9 Å². The third-order valence-corrected chi connectivity index (χ3v) is 7.38. The van der Waals surface area contributed by atoms with Gasteiger partial charge in [0.15, 0.2) is 5.11 Å². The Bertz CT molecular complexity index is 1320. The van der Waals surface area contributed by atoms with Crippen LogP contribution in [0.25, 0.3) is 0 Å². The molecule has 4 heterocycles. The molecular weight excluding hydrogens is 482 g/mol. The van der Waals surface area contributed by atoms with Gasteiger partial charge in [0.25, 0.3) is 0 Å². The van der Waals surface area contributed by atoms with Crippen LogP contribution >= 0.6 is 12.2 Å². The van der Waals surface area contributed by atoms with Gasteiger partial charge in [0.1, 0.15) is 6.04 Å². The number of thiocarbonyl (C=S) groups is 1. The third kappa shape index (κ3) is 5.05. The Morgan fingerprint density at radius 1 is 1.23 bits per heavy atom. The molecule has 2 saturated heterocycles. The predicted molar refractivity (Wildman–Crippen MR) is 141 cm³/mol. The second-order valence-electron chi connectivity index (χ2n) is 9.09. The number of hydrogen-bond acceptors (Lipinski definition) is 5. The SMILES string of the molecule is Cc1cc(N2C(=S)N[C@H](c3ccccn3)[C@@H]2c2cccn2C[C@@H]2CCCO2)ccc1NS(C)(=O)=O. The third-order valence-electron chi connectivity index (χ3n) is 6.47. The van der Waals surface area contributed by atoms with Crippen LogP contribution in [0, 0.1) is 6.92 Å². The zero-order valence-electron chi connectivity index (χ0n) is 19.7. The summed E-state index contributed by atoms with van der Waals surface area (Å²) in [4.78, 5) is 6.73. The highest BCUT2D eigenvalue weighted by Gasteiger charge is 2.42. The average molecular weight is 512 g/mol. The van der Waals surface area contributed by atoms with Gasteiger partial charge in [0.05, 0.1) is 29.8 Å². The van der Waals surface area contributed by atoms with Gasteiger partial charge in [-0.2, -0.15) is 0 Å². The highest BCUT2D eigenvalue weighted by Crippen LogP contribution is 2.42. The number of aryl methyl sites for hydroxylation is 1. The Morgan fingerprint density at radius 2 is 2.09 bits per heavy atom. The highest BCUT2D eigenvalue weighted by atomic mass is 32.2. The maximum absolute atomic E-state index is 11.8. The molecule has 0 saturated carbocycles. The highest BCUT2D eigenvalue weighted by molar-refractivity contribution is 7.92. The van der Waals surface area contributed by atoms with Crippen LogP contribution in [-0.4, -0.2) is 42.0 Å². The smallest absolute Gasteiger partial charge is 0.229 e. The van der Waals surface area contributed by atoms with E-state index in [9.17, 15) is 8.42 Å². The number of anilines is 2. The van der Waals surface area contributed by atoms with Gasteiger partial charge in [-0.1, -0.05) is 6.07 Å². The lowest BCUT2D eigenvalue weighted by atomic mass is 10.0. The molecule has 1 aromatic carbocycles. The molecule has 0 spiro atoms. The van der Waals surface area contributed by atoms with E-state index >= 15 is 0 Å². The van der Waals surface area contributed by atoms with Crippen molar-refractivity contribution in [2.24, 2.45) is 0 Å². The van der Waals surface area contributed by atoms with Crippen molar-refractivity contribution < 1.29 is 13.2 Å². The number of rotatable bonds is 7. The zero-order valence-corrected chi connectivity index (χ0v) is 21.3. The number of benzene rings is 1. The number of ether oxygens (including phenoxy) is 1. The first-order valence-corrected chi connectivity index (χ1v) is 14.0. The van der Waals surface area contributed by atoms with E-state index < -0.39 is 10.0 Å². The molecule has 0 amide bonds. The average Bonchev–Trinajstić information content (AvgIpc) is 3.56. The van der Waals surface area contributed by atoms with Crippen molar-refractivity contribution >= 4 is 38.7 Å². The molecule has 0 aliphatic carbocycles. The molecule has 0 radical (unpaired) electrons. The first kappa shape index (κ1) is 23.8. The van der Waals surface area contributed by atoms with Crippen LogP contribution in [0.4, 0.5) is 11.4 Å². The van der Waals surface area contributed by atoms with E-state index in [-0.39, 0.29) is 18.2 Å². The van der Waals surface area contributed by atoms with Crippen LogP contribution in [0.1, 0.15) is 41.9 Å². The van der Waals surface area contributed by atoms with Crippen LogP contribution in [0.3, 0.4) is 0 Å². The van der Waals surface area contributed by atoms with E-state index in [0.717, 1.165) is 54.9 Å². The molecule has 2 aliphatic rings. The largest absolute Gasteiger partial charge is 0.376 e. The van der Waals surface area contributed by atoms with Crippen molar-refractivity contribution in [2.75, 3.05) is 22.5 Å². The molecule has 3 aromatic rings. The Labute approximate surface area is 211 Å². The summed E-state index contributed by atoms with van der Waals surface area (Å²) >= 11 is 5.84. The Morgan fingerprint density at radius 3 is 2.77 bits per heavy atom. The van der Waals surface area contributed by atoms with Gasteiger partial charge >= 0.3 is 0 Å². The summed E-state index contributed by atoms with van der Waals surface area (Å²) in [5.41, 5.74) is 4.26. The van der Waals surface area contributed by atoms with Crippen molar-refractivity contribution in [2.45, 2.75) is 44.5 Å². The van der Waals surface area contributed by atoms with Crippen molar-refractivity contribution in [1.29, 1.82) is 0 Å². The van der Waals surface area contributed by atoms with Gasteiger partial charge in [-0.05, 0) is 80.0 Å². The van der Waals surface area contributed by atoms with Gasteiger partial charge in [-0.15, -0.1) is 0 Å². The van der Waals surface area contributed by atoms with Crippen LogP contribution < -0.4 is 14.9 Å². The van der Waals surface area contributed by atoms with Crippen LogP contribution in [0.5, 0.6) is 0 Å². The minimum Gasteiger partial charge on any atom is -0.376 e. The van der Waals surface area contributed by atoms with Gasteiger partial charge in [0, 0.05) is 36.9 Å². The summed E-state index contributed by atoms with van der Waals surface area (Å²) < 4.78 is 34.3. The van der Waals surface area contributed by atoms with E-state index in [4.69, 9.17) is 17.0 Å². The molecule has 5 rings (SSSR count). The van der Waals surface area contributed by atoms with Gasteiger partial charge in [-0.3, -0.25) is 9.71 Å². The number of pyridine rings is 1. The van der Waals surface area contributed by atoms with E-state index in [1.165, 1.54) is 0 Å². The fraction of sp³-hybridized carbons (Fsp3) is 0.360. The molecule has 0 bridgehead atoms. The molecule has 184 valence electrons. The fourth-order valence-electron chi connectivity index (χ4n) is 4.92. The summed E-state index contributed by atoms with van der Waals surface area (Å²) in [6.45, 7) is 3.48. The van der Waals surface area contributed by atoms with Crippen molar-refractivity contribution in [3.05, 3.63) is 77.9 Å². The van der Waals surface area contributed by atoms with Gasteiger partial charge < -0.3 is 19.5 Å². The second-order valence-corrected chi connectivity index (χ2v) is 11.2. The Hall–Kier alpha value is -2.95. The second kappa shape index (κ2) is 9.60. The van der Waals surface area contributed by atoms with E-state index in [1.807, 2.05) is 37.3 Å². The molecule has 2 N–H and O–H groups in total. The quantitative estimate of drug-likeness (QED) is 0.465. The molecule has 3 atom stereocenters. The monoisotopic (exact) mass is 511 g/mol. The predicted octanol–water partition coefficient (Wildman–Crippen LogP) is 3.92. The Kier molecular flexibility index (Phi) is 6.52. The number of hydrogen-bond donors (Lipinski definition) is 2. The summed E-state index contributed by atoms with van der Waals surface area (Å²) in [5, 5.41) is 4.09. The fourth-order valence-corrected chi connectivity index (χ4v) is 5.89. The minimum absolute atomic E-state index is 0.151. The standard InChI is InChI=1S/C25H29N5O3S2/c1-17-15-18(10-11-20(17)28-35(2,31)32)30-24(23(27-25(30)34)21-8-3-4-12-26-21)22-9-5-13-29(22)16-19-7-6-14-33-19/h3-5,8-13,15,19,23-24,28H,6-7,14,16H2,1-2H3,(H,27,34)/t19-,23+,24-/m0/s1. The molecule has 10 heteroatoms. The van der Waals surface area contributed by atoms with Crippen LogP contribution in [0.2, 0.25) is 0 Å². The minimum atomic E-state index is -3.38. The number of nitrogens with zero attached hydrogens (tertiary/aromatic N) is 3. The summed E-state index contributed by atoms with van der Waals surface area (Å²) in [6.07, 6.45) is 7.38. The molecule has 2 fully saturated rings. The summed E-state index contributed by atoms with van der Waals surface area (Å²) in [7, 11) is -3.38. The molecule has 8 nitrogen and oxygen atoms in total. The first-order valence-electron chi connectivity index (χ1n) is 11.7. The molecule has 2 aliphatic heterocycles. The van der Waals surface area contributed by atoms with E-state index in [2.05, 4.69) is 42.8 Å². The zero-order chi connectivity index (χ0) is 24.6. The van der Waals surface area contributed by atoms with Crippen molar-refractivity contribution in [3.8, 4) is 0 Å². The maximum Gasteiger partial charge on any atom is 0.229 e. The van der Waals surface area contributed by atoms with E-state index in [1.54, 1.807) is 12.3 Å². The number of aromatic nitrogens is 2. The van der Waals surface area contributed by atoms with Crippen molar-refractivity contribution in [1.82, 2.24) is 14.9 Å². The lowest BCUT2D eigenvalue weighted by molar-refractivity contribution is 0.0961. The topological polar surface area (TPSA) is 88.5 Å². The Balaban J connectivity index is 1.56. The molecule has 2 aromatic heterocycles. The lowest BCUT2D eigenvalue weighted by Crippen LogP contribution is -2.31. The summed E-state index contributed by atoms with van der Waals surface area (Å²) in [5.74, 6) is 0. The maximum atomic E-state index is 11.8. The number of nitrogens with one attached hydrogen (secondary N) is 2. The van der Waals surface area contributed by atoms with Gasteiger partial charge in [-0.25, -0.2) is 8.42 Å². The molecule has 35 heavy (non-hydrogen) atoms. The van der Waals surface area contributed by atoms with E-state index in [0.29, 0.717) is 10.8 Å². The normalized spacial score (nSPS) is 22.4. The number of sulfonamides is 1.